The molecule has 4 heterocycles. The van der Waals surface area contributed by atoms with Gasteiger partial charge in [-0.3, -0.25) is 9.59 Å². The summed E-state index contributed by atoms with van der Waals surface area (Å²) in [6, 6.07) is 14.9. The van der Waals surface area contributed by atoms with E-state index in [9.17, 15) is 18.8 Å². The lowest BCUT2D eigenvalue weighted by molar-refractivity contribution is 0.0520. The minimum atomic E-state index is -0.653. The third kappa shape index (κ3) is 4.95. The molecule has 0 atom stereocenters. The number of imidazole rings is 1. The highest BCUT2D eigenvalue weighted by atomic mass is 79.9. The summed E-state index contributed by atoms with van der Waals surface area (Å²) in [6.45, 7) is 2.51. The van der Waals surface area contributed by atoms with Crippen LogP contribution in [0.4, 0.5) is 4.39 Å². The second-order valence-corrected chi connectivity index (χ2v) is 10.2. The molecule has 0 bridgehead atoms. The monoisotopic (exact) mass is 619 g/mol. The first kappa shape index (κ1) is 26.6. The predicted octanol–water partition coefficient (Wildman–Crippen LogP) is 4.70. The number of hydrogen-bond acceptors (Lipinski definition) is 7. The van der Waals surface area contributed by atoms with Gasteiger partial charge in [0.15, 0.2) is 16.1 Å². The second-order valence-electron chi connectivity index (χ2n) is 9.46. The van der Waals surface area contributed by atoms with E-state index >= 15 is 0 Å². The fourth-order valence-corrected chi connectivity index (χ4v) is 5.36. The van der Waals surface area contributed by atoms with E-state index in [1.54, 1.807) is 43.3 Å². The normalized spacial score (nSPS) is 12.9. The van der Waals surface area contributed by atoms with Gasteiger partial charge in [0.25, 0.3) is 11.5 Å². The highest BCUT2D eigenvalue weighted by Crippen LogP contribution is 2.32. The van der Waals surface area contributed by atoms with Crippen molar-refractivity contribution in [1.82, 2.24) is 24.6 Å². The van der Waals surface area contributed by atoms with Gasteiger partial charge in [0, 0.05) is 24.9 Å². The molecule has 3 aromatic heterocycles. The lowest BCUT2D eigenvalue weighted by atomic mass is 10.0. The molecule has 5 aromatic rings. The molecule has 6 rings (SSSR count). The molecular formula is C29H23BrFN5O5. The maximum Gasteiger partial charge on any atom is 0.359 e. The smallest absolute Gasteiger partial charge is 0.359 e. The summed E-state index contributed by atoms with van der Waals surface area (Å²) in [5.74, 6) is -0.869. The Morgan fingerprint density at radius 3 is 2.68 bits per heavy atom. The summed E-state index contributed by atoms with van der Waals surface area (Å²) in [6.07, 6.45) is 0.285. The van der Waals surface area contributed by atoms with Crippen LogP contribution in [-0.2, 0) is 24.2 Å². The number of esters is 1. The Kier molecular flexibility index (Phi) is 7.00. The van der Waals surface area contributed by atoms with Crippen molar-refractivity contribution in [3.8, 4) is 11.5 Å². The standard InChI is InChI=1S/C29H23BrFN5O5/c1-2-40-29(39)25-26(22-9-10-23(30)41-22)36-12-11-35(15-24(36)32-25)28(38)19-13-16(7-8-20(19)31)14-21-17-5-3-4-6-18(17)27(37)34-33-21/h3-10,13H,2,11-12,14-15H2,1H3,(H,34,37). The predicted molar refractivity (Wildman–Crippen MR) is 150 cm³/mol. The van der Waals surface area contributed by atoms with E-state index in [-0.39, 0.29) is 42.9 Å². The van der Waals surface area contributed by atoms with Crippen LogP contribution in [0.2, 0.25) is 0 Å². The van der Waals surface area contributed by atoms with Crippen LogP contribution in [0.3, 0.4) is 0 Å². The van der Waals surface area contributed by atoms with Crippen molar-refractivity contribution in [2.45, 2.75) is 26.4 Å². The summed E-state index contributed by atoms with van der Waals surface area (Å²) < 4.78 is 28.2. The van der Waals surface area contributed by atoms with E-state index in [2.05, 4.69) is 31.1 Å². The number of fused-ring (bicyclic) bond motifs is 2. The van der Waals surface area contributed by atoms with Crippen LogP contribution in [0.1, 0.15) is 44.9 Å². The summed E-state index contributed by atoms with van der Waals surface area (Å²) in [7, 11) is 0. The number of hydrogen-bond donors (Lipinski definition) is 1. The average molecular weight is 620 g/mol. The van der Waals surface area contributed by atoms with Crippen LogP contribution >= 0.6 is 15.9 Å². The van der Waals surface area contributed by atoms with Crippen LogP contribution in [0.15, 0.2) is 68.5 Å². The topological polar surface area (TPSA) is 123 Å². The number of halogens is 2. The Morgan fingerprint density at radius 1 is 1.12 bits per heavy atom. The molecule has 0 fully saturated rings. The van der Waals surface area contributed by atoms with E-state index in [1.165, 1.54) is 17.0 Å². The number of carbonyl (C=O) groups is 2. The van der Waals surface area contributed by atoms with Crippen molar-refractivity contribution in [2.75, 3.05) is 13.2 Å². The zero-order valence-corrected chi connectivity index (χ0v) is 23.4. The van der Waals surface area contributed by atoms with Crippen LogP contribution in [0.25, 0.3) is 22.2 Å². The van der Waals surface area contributed by atoms with E-state index in [0.717, 1.165) is 0 Å². The van der Waals surface area contributed by atoms with Crippen molar-refractivity contribution in [3.05, 3.63) is 104 Å². The molecule has 0 spiro atoms. The van der Waals surface area contributed by atoms with Crippen LogP contribution in [-0.4, -0.2) is 49.7 Å². The fourth-order valence-electron chi connectivity index (χ4n) is 5.05. The van der Waals surface area contributed by atoms with Gasteiger partial charge in [0.1, 0.15) is 17.3 Å². The van der Waals surface area contributed by atoms with E-state index in [1.807, 2.05) is 10.6 Å². The fraction of sp³-hybridized carbons (Fsp3) is 0.207. The third-order valence-corrected chi connectivity index (χ3v) is 7.37. The molecule has 41 heavy (non-hydrogen) atoms. The molecule has 2 aromatic carbocycles. The van der Waals surface area contributed by atoms with Gasteiger partial charge in [-0.2, -0.15) is 5.10 Å². The molecule has 0 saturated heterocycles. The number of ether oxygens (including phenoxy) is 1. The third-order valence-electron chi connectivity index (χ3n) is 6.94. The van der Waals surface area contributed by atoms with Gasteiger partial charge < -0.3 is 18.6 Å². The van der Waals surface area contributed by atoms with E-state index < -0.39 is 17.7 Å². The van der Waals surface area contributed by atoms with E-state index in [4.69, 9.17) is 9.15 Å². The second kappa shape index (κ2) is 10.8. The van der Waals surface area contributed by atoms with Gasteiger partial charge in [-0.25, -0.2) is 19.3 Å². The molecule has 12 heteroatoms. The number of amides is 1. The van der Waals surface area contributed by atoms with Crippen molar-refractivity contribution < 1.29 is 23.1 Å². The first-order chi connectivity index (χ1) is 19.8. The van der Waals surface area contributed by atoms with Crippen molar-refractivity contribution >= 4 is 38.6 Å². The number of nitrogens with one attached hydrogen (secondary N) is 1. The number of carbonyl (C=O) groups excluding carboxylic acids is 2. The molecule has 1 amide bonds. The SMILES string of the molecule is CCOC(=O)c1nc2n(c1-c1ccc(Br)o1)CCN(C(=O)c1cc(Cc3n[nH]c(=O)c4ccccc34)ccc1F)C2. The van der Waals surface area contributed by atoms with Crippen molar-refractivity contribution in [2.24, 2.45) is 0 Å². The van der Waals surface area contributed by atoms with Crippen LogP contribution in [0, 0.1) is 5.82 Å². The number of aromatic amines is 1. The number of rotatable bonds is 6. The van der Waals surface area contributed by atoms with E-state index in [0.29, 0.717) is 50.5 Å². The minimum Gasteiger partial charge on any atom is -0.461 e. The number of aromatic nitrogens is 4. The molecule has 1 aliphatic rings. The molecule has 0 aliphatic carbocycles. The summed E-state index contributed by atoms with van der Waals surface area (Å²) in [4.78, 5) is 44.4. The minimum absolute atomic E-state index is 0.0584. The number of H-pyrrole nitrogens is 1. The lowest BCUT2D eigenvalue weighted by Gasteiger charge is -2.28. The highest BCUT2D eigenvalue weighted by molar-refractivity contribution is 9.10. The molecule has 208 valence electrons. The zero-order valence-electron chi connectivity index (χ0n) is 21.8. The maximum atomic E-state index is 15.0. The lowest BCUT2D eigenvalue weighted by Crippen LogP contribution is -2.39. The number of furan rings is 1. The Bertz CT molecular complexity index is 1880. The van der Waals surface area contributed by atoms with Crippen molar-refractivity contribution in [3.63, 3.8) is 0 Å². The van der Waals surface area contributed by atoms with Gasteiger partial charge in [-0.1, -0.05) is 24.3 Å². The molecule has 0 saturated carbocycles. The van der Waals surface area contributed by atoms with Gasteiger partial charge in [-0.15, -0.1) is 0 Å². The van der Waals surface area contributed by atoms with Gasteiger partial charge in [-0.05, 0) is 58.7 Å². The Morgan fingerprint density at radius 2 is 1.93 bits per heavy atom. The number of nitrogens with zero attached hydrogens (tertiary/aromatic N) is 4. The first-order valence-electron chi connectivity index (χ1n) is 12.9. The molecule has 10 nitrogen and oxygen atoms in total. The van der Waals surface area contributed by atoms with Crippen molar-refractivity contribution in [1.29, 1.82) is 0 Å². The van der Waals surface area contributed by atoms with Crippen LogP contribution in [0.5, 0.6) is 0 Å². The zero-order chi connectivity index (χ0) is 28.7. The largest absolute Gasteiger partial charge is 0.461 e. The highest BCUT2D eigenvalue weighted by Gasteiger charge is 2.32. The number of benzene rings is 2. The Balaban J connectivity index is 1.30. The van der Waals surface area contributed by atoms with Gasteiger partial charge in [0.05, 0.1) is 29.8 Å². The van der Waals surface area contributed by atoms with Crippen LogP contribution < -0.4 is 5.56 Å². The molecule has 1 N–H and O–H groups in total. The molecule has 1 aliphatic heterocycles. The molecule has 0 unspecified atom stereocenters. The quantitative estimate of drug-likeness (QED) is 0.273. The molecule has 0 radical (unpaired) electrons. The summed E-state index contributed by atoms with van der Waals surface area (Å²) in [5.41, 5.74) is 1.44. The average Bonchev–Trinajstić information content (AvgIpc) is 3.58. The Labute approximate surface area is 240 Å². The summed E-state index contributed by atoms with van der Waals surface area (Å²) in [5, 5.41) is 7.89. The maximum absolute atomic E-state index is 15.0. The molecular weight excluding hydrogens is 597 g/mol. The Hall–Kier alpha value is -4.58. The van der Waals surface area contributed by atoms with Gasteiger partial charge in [0.2, 0.25) is 0 Å². The van der Waals surface area contributed by atoms with Gasteiger partial charge >= 0.3 is 5.97 Å². The first-order valence-corrected chi connectivity index (χ1v) is 13.7. The summed E-state index contributed by atoms with van der Waals surface area (Å²) >= 11 is 3.29.